The summed E-state index contributed by atoms with van der Waals surface area (Å²) in [5.74, 6) is -0.232. The van der Waals surface area contributed by atoms with Crippen LogP contribution in [0, 0.1) is 0 Å². The van der Waals surface area contributed by atoms with Gasteiger partial charge < -0.3 is 10.2 Å². The van der Waals surface area contributed by atoms with E-state index in [1.807, 2.05) is 71.6 Å². The Hall–Kier alpha value is -3.40. The minimum atomic E-state index is -0.612. The summed E-state index contributed by atoms with van der Waals surface area (Å²) in [6.45, 7) is 0.713. The topological polar surface area (TPSA) is 49.4 Å². The van der Waals surface area contributed by atoms with Crippen molar-refractivity contribution in [3.63, 3.8) is 0 Å². The van der Waals surface area contributed by atoms with Crippen molar-refractivity contribution in [2.24, 2.45) is 0 Å². The van der Waals surface area contributed by atoms with Gasteiger partial charge in [-0.05, 0) is 42.5 Å². The summed E-state index contributed by atoms with van der Waals surface area (Å²) in [4.78, 5) is 28.6. The maximum Gasteiger partial charge on any atom is 0.251 e. The zero-order valence-corrected chi connectivity index (χ0v) is 17.6. The first-order chi connectivity index (χ1) is 15.2. The van der Waals surface area contributed by atoms with E-state index in [0.29, 0.717) is 18.5 Å². The number of amides is 2. The van der Waals surface area contributed by atoms with Gasteiger partial charge in [0.15, 0.2) is 0 Å². The molecule has 1 heterocycles. The maximum absolute atomic E-state index is 13.8. The zero-order chi connectivity index (χ0) is 21.5. The van der Waals surface area contributed by atoms with E-state index < -0.39 is 6.04 Å². The number of carbonyl (C=O) groups excluding carboxylic acids is 2. The number of piperidine rings is 1. The first-order valence-corrected chi connectivity index (χ1v) is 11.0. The molecule has 4 rings (SSSR count). The summed E-state index contributed by atoms with van der Waals surface area (Å²) in [7, 11) is 0. The van der Waals surface area contributed by atoms with Crippen LogP contribution in [-0.2, 0) is 11.2 Å². The largest absolute Gasteiger partial charge is 0.340 e. The fourth-order valence-electron chi connectivity index (χ4n) is 4.30. The number of carbonyl (C=O) groups is 2. The number of hydrogen-bond acceptors (Lipinski definition) is 2. The summed E-state index contributed by atoms with van der Waals surface area (Å²) in [5.41, 5.74) is 2.75. The number of nitrogens with one attached hydrogen (secondary N) is 1. The van der Waals surface area contributed by atoms with Crippen LogP contribution in [0.15, 0.2) is 91.0 Å². The van der Waals surface area contributed by atoms with Gasteiger partial charge >= 0.3 is 0 Å². The van der Waals surface area contributed by atoms with Crippen molar-refractivity contribution in [1.29, 1.82) is 0 Å². The second-order valence-electron chi connectivity index (χ2n) is 8.04. The second kappa shape index (κ2) is 10.1. The molecule has 1 fully saturated rings. The normalized spacial score (nSPS) is 17.0. The Labute approximate surface area is 183 Å². The van der Waals surface area contributed by atoms with E-state index >= 15 is 0 Å². The van der Waals surface area contributed by atoms with E-state index in [0.717, 1.165) is 30.4 Å². The highest BCUT2D eigenvalue weighted by atomic mass is 16.2. The number of hydrogen-bond donors (Lipinski definition) is 1. The van der Waals surface area contributed by atoms with Gasteiger partial charge in [0.05, 0.1) is 6.04 Å². The third-order valence-electron chi connectivity index (χ3n) is 5.89. The Morgan fingerprint density at radius 3 is 2.13 bits per heavy atom. The van der Waals surface area contributed by atoms with Crippen LogP contribution >= 0.6 is 0 Å². The quantitative estimate of drug-likeness (QED) is 0.633. The number of benzene rings is 3. The van der Waals surface area contributed by atoms with Crippen molar-refractivity contribution < 1.29 is 9.59 Å². The molecule has 158 valence electrons. The highest BCUT2D eigenvalue weighted by Gasteiger charge is 2.33. The summed E-state index contributed by atoms with van der Waals surface area (Å²) < 4.78 is 0. The Kier molecular flexibility index (Phi) is 6.78. The fourth-order valence-corrected chi connectivity index (χ4v) is 4.30. The molecule has 3 aromatic carbocycles. The first kappa shape index (κ1) is 20.9. The second-order valence-corrected chi connectivity index (χ2v) is 8.04. The number of likely N-dealkylation sites (tertiary alicyclic amines) is 1. The Bertz CT molecular complexity index is 990. The Balaban J connectivity index is 1.59. The lowest BCUT2D eigenvalue weighted by Crippen LogP contribution is -2.51. The van der Waals surface area contributed by atoms with E-state index in [-0.39, 0.29) is 17.9 Å². The summed E-state index contributed by atoms with van der Waals surface area (Å²) >= 11 is 0. The van der Waals surface area contributed by atoms with Gasteiger partial charge in [0, 0.05) is 18.5 Å². The number of rotatable bonds is 6. The summed E-state index contributed by atoms with van der Waals surface area (Å²) in [6, 6.07) is 28.6. The van der Waals surface area contributed by atoms with Crippen LogP contribution in [0.2, 0.25) is 0 Å². The third-order valence-corrected chi connectivity index (χ3v) is 5.89. The molecule has 1 aliphatic heterocycles. The van der Waals surface area contributed by atoms with Crippen molar-refractivity contribution in [3.8, 4) is 0 Å². The summed E-state index contributed by atoms with van der Waals surface area (Å²) in [5, 5.41) is 3.02. The van der Waals surface area contributed by atoms with Crippen LogP contribution in [-0.4, -0.2) is 29.3 Å². The predicted octanol–water partition coefficient (Wildman–Crippen LogP) is 4.78. The van der Waals surface area contributed by atoms with Crippen molar-refractivity contribution in [3.05, 3.63) is 108 Å². The average Bonchev–Trinajstić information content (AvgIpc) is 2.85. The van der Waals surface area contributed by atoms with Gasteiger partial charge in [-0.1, -0.05) is 78.9 Å². The molecule has 2 amide bonds. The standard InChI is InChI=1S/C27H28N2O2/c30-26(23-16-8-3-9-17-23)28-24(20-21-12-4-1-5-13-21)27(31)29-19-11-10-18-25(29)22-14-6-2-7-15-22/h1-9,12-17,24-25H,10-11,18-20H2,(H,28,30). The monoisotopic (exact) mass is 412 g/mol. The van der Waals surface area contributed by atoms with E-state index in [9.17, 15) is 9.59 Å². The van der Waals surface area contributed by atoms with Crippen LogP contribution in [0.1, 0.15) is 46.8 Å². The molecule has 3 aromatic rings. The molecule has 0 bridgehead atoms. The van der Waals surface area contributed by atoms with Crippen LogP contribution in [0.5, 0.6) is 0 Å². The van der Waals surface area contributed by atoms with Crippen molar-refractivity contribution in [2.75, 3.05) is 6.54 Å². The van der Waals surface area contributed by atoms with E-state index in [4.69, 9.17) is 0 Å². The first-order valence-electron chi connectivity index (χ1n) is 11.0. The molecule has 4 heteroatoms. The van der Waals surface area contributed by atoms with Gasteiger partial charge in [0.25, 0.3) is 5.91 Å². The molecule has 31 heavy (non-hydrogen) atoms. The van der Waals surface area contributed by atoms with Gasteiger partial charge in [-0.2, -0.15) is 0 Å². The molecule has 0 spiro atoms. The highest BCUT2D eigenvalue weighted by Crippen LogP contribution is 2.31. The third kappa shape index (κ3) is 5.21. The zero-order valence-electron chi connectivity index (χ0n) is 17.6. The SMILES string of the molecule is O=C(NC(Cc1ccccc1)C(=O)N1CCCCC1c1ccccc1)c1ccccc1. The lowest BCUT2D eigenvalue weighted by molar-refractivity contribution is -0.137. The molecular weight excluding hydrogens is 384 g/mol. The van der Waals surface area contributed by atoms with Crippen LogP contribution < -0.4 is 5.32 Å². The van der Waals surface area contributed by atoms with Crippen LogP contribution in [0.25, 0.3) is 0 Å². The number of nitrogens with zero attached hydrogens (tertiary/aromatic N) is 1. The van der Waals surface area contributed by atoms with E-state index in [2.05, 4.69) is 17.4 Å². The van der Waals surface area contributed by atoms with Gasteiger partial charge in [0.1, 0.15) is 6.04 Å². The molecule has 2 atom stereocenters. The van der Waals surface area contributed by atoms with Crippen molar-refractivity contribution >= 4 is 11.8 Å². The molecule has 1 N–H and O–H groups in total. The lowest BCUT2D eigenvalue weighted by atomic mass is 9.93. The average molecular weight is 413 g/mol. The predicted molar refractivity (Wildman–Crippen MR) is 123 cm³/mol. The molecule has 2 unspecified atom stereocenters. The van der Waals surface area contributed by atoms with Crippen LogP contribution in [0.4, 0.5) is 0 Å². The minimum absolute atomic E-state index is 0.0123. The Morgan fingerprint density at radius 2 is 1.45 bits per heavy atom. The van der Waals surface area contributed by atoms with Gasteiger partial charge in [0.2, 0.25) is 5.91 Å². The molecule has 0 saturated carbocycles. The van der Waals surface area contributed by atoms with Gasteiger partial charge in [-0.25, -0.2) is 0 Å². The van der Waals surface area contributed by atoms with Crippen molar-refractivity contribution in [1.82, 2.24) is 10.2 Å². The molecule has 0 aliphatic carbocycles. The highest BCUT2D eigenvalue weighted by molar-refractivity contribution is 5.97. The maximum atomic E-state index is 13.8. The van der Waals surface area contributed by atoms with E-state index in [1.165, 1.54) is 0 Å². The molecular formula is C27H28N2O2. The lowest BCUT2D eigenvalue weighted by Gasteiger charge is -2.38. The molecule has 1 aliphatic rings. The Morgan fingerprint density at radius 1 is 0.839 bits per heavy atom. The van der Waals surface area contributed by atoms with E-state index in [1.54, 1.807) is 12.1 Å². The smallest absolute Gasteiger partial charge is 0.251 e. The van der Waals surface area contributed by atoms with Gasteiger partial charge in [-0.3, -0.25) is 9.59 Å². The molecule has 4 nitrogen and oxygen atoms in total. The minimum Gasteiger partial charge on any atom is -0.340 e. The van der Waals surface area contributed by atoms with Gasteiger partial charge in [-0.15, -0.1) is 0 Å². The van der Waals surface area contributed by atoms with Crippen molar-refractivity contribution in [2.45, 2.75) is 37.8 Å². The fraction of sp³-hybridized carbons (Fsp3) is 0.259. The van der Waals surface area contributed by atoms with Crippen LogP contribution in [0.3, 0.4) is 0 Å². The molecule has 0 aromatic heterocycles. The molecule has 0 radical (unpaired) electrons. The molecule has 1 saturated heterocycles. The summed E-state index contributed by atoms with van der Waals surface area (Å²) in [6.07, 6.45) is 3.50.